The normalized spacial score (nSPS) is 19.2. The van der Waals surface area contributed by atoms with E-state index in [1.807, 2.05) is 6.07 Å². The van der Waals surface area contributed by atoms with Crippen molar-refractivity contribution in [2.24, 2.45) is 0 Å². The zero-order valence-corrected chi connectivity index (χ0v) is 18.2. The highest BCUT2D eigenvalue weighted by molar-refractivity contribution is 7.88. The molecule has 0 saturated carbocycles. The lowest BCUT2D eigenvalue weighted by molar-refractivity contribution is -0.121. The van der Waals surface area contributed by atoms with Crippen molar-refractivity contribution in [3.8, 4) is 22.6 Å². The van der Waals surface area contributed by atoms with E-state index in [1.165, 1.54) is 9.21 Å². The Bertz CT molecular complexity index is 1160. The molecule has 1 N–H and O–H groups in total. The Kier molecular flexibility index (Phi) is 5.36. The number of benzene rings is 2. The molecule has 10 heteroatoms. The Morgan fingerprint density at radius 1 is 1.00 bits per heavy atom. The summed E-state index contributed by atoms with van der Waals surface area (Å²) in [5.74, 6) is 0.505. The van der Waals surface area contributed by atoms with Gasteiger partial charge in [-0.25, -0.2) is 8.42 Å². The molecular formula is C21H23N3O6S. The summed E-state index contributed by atoms with van der Waals surface area (Å²) in [4.78, 5) is 27.6. The van der Waals surface area contributed by atoms with E-state index in [0.29, 0.717) is 22.7 Å². The van der Waals surface area contributed by atoms with Crippen LogP contribution < -0.4 is 14.8 Å². The summed E-state index contributed by atoms with van der Waals surface area (Å²) in [6, 6.07) is 9.70. The summed E-state index contributed by atoms with van der Waals surface area (Å²) < 4.78 is 35.8. The first-order valence-electron chi connectivity index (χ1n) is 9.66. The van der Waals surface area contributed by atoms with Crippen LogP contribution in [0.4, 0.5) is 5.69 Å². The third kappa shape index (κ3) is 3.84. The highest BCUT2D eigenvalue weighted by Crippen LogP contribution is 2.36. The van der Waals surface area contributed by atoms with E-state index in [-0.39, 0.29) is 25.5 Å². The van der Waals surface area contributed by atoms with Gasteiger partial charge in [-0.3, -0.25) is 9.59 Å². The molecule has 4 rings (SSSR count). The fourth-order valence-electron chi connectivity index (χ4n) is 3.93. The van der Waals surface area contributed by atoms with E-state index >= 15 is 0 Å². The Labute approximate surface area is 180 Å². The molecule has 2 aromatic rings. The molecule has 2 amide bonds. The molecule has 9 nitrogen and oxygen atoms in total. The zero-order chi connectivity index (χ0) is 22.3. The van der Waals surface area contributed by atoms with E-state index in [0.717, 1.165) is 17.4 Å². The number of hydrogen-bond donors (Lipinski definition) is 1. The number of amides is 2. The molecule has 0 bridgehead atoms. The summed E-state index contributed by atoms with van der Waals surface area (Å²) in [6.45, 7) is 0.221. The van der Waals surface area contributed by atoms with Crippen molar-refractivity contribution in [2.45, 2.75) is 6.04 Å². The van der Waals surface area contributed by atoms with E-state index in [9.17, 15) is 18.0 Å². The third-order valence-corrected chi connectivity index (χ3v) is 6.87. The average Bonchev–Trinajstić information content (AvgIpc) is 2.86. The van der Waals surface area contributed by atoms with Gasteiger partial charge in [-0.15, -0.1) is 0 Å². The molecule has 1 fully saturated rings. The number of anilines is 1. The van der Waals surface area contributed by atoms with E-state index in [2.05, 4.69) is 5.32 Å². The zero-order valence-electron chi connectivity index (χ0n) is 17.4. The molecule has 2 aliphatic rings. The van der Waals surface area contributed by atoms with Gasteiger partial charge >= 0.3 is 0 Å². The van der Waals surface area contributed by atoms with Crippen molar-refractivity contribution < 1.29 is 27.5 Å². The second-order valence-electron chi connectivity index (χ2n) is 7.45. The van der Waals surface area contributed by atoms with E-state index in [1.54, 1.807) is 44.6 Å². The van der Waals surface area contributed by atoms with Gasteiger partial charge < -0.3 is 19.7 Å². The lowest BCUT2D eigenvalue weighted by atomic mass is 10.00. The first kappa shape index (κ1) is 21.1. The van der Waals surface area contributed by atoms with Crippen LogP contribution in [0.15, 0.2) is 36.4 Å². The number of nitrogens with zero attached hydrogens (tertiary/aromatic N) is 2. The third-order valence-electron chi connectivity index (χ3n) is 5.60. The average molecular weight is 445 g/mol. The van der Waals surface area contributed by atoms with Crippen molar-refractivity contribution >= 4 is 27.5 Å². The van der Waals surface area contributed by atoms with Crippen LogP contribution in [0.3, 0.4) is 0 Å². The van der Waals surface area contributed by atoms with Crippen LogP contribution in [0.2, 0.25) is 0 Å². The number of sulfonamides is 1. The molecular weight excluding hydrogens is 422 g/mol. The second-order valence-corrected chi connectivity index (χ2v) is 9.43. The topological polar surface area (TPSA) is 105 Å². The van der Waals surface area contributed by atoms with Crippen LogP contribution in [0.25, 0.3) is 11.1 Å². The molecule has 0 spiro atoms. The summed E-state index contributed by atoms with van der Waals surface area (Å²) in [5, 5.41) is 2.78. The van der Waals surface area contributed by atoms with Crippen molar-refractivity contribution in [1.29, 1.82) is 0 Å². The van der Waals surface area contributed by atoms with Gasteiger partial charge in [-0.1, -0.05) is 6.07 Å². The maximum atomic E-state index is 13.3. The number of hydrogen-bond acceptors (Lipinski definition) is 6. The highest BCUT2D eigenvalue weighted by Gasteiger charge is 2.41. The Morgan fingerprint density at radius 3 is 2.45 bits per heavy atom. The monoisotopic (exact) mass is 445 g/mol. The van der Waals surface area contributed by atoms with Crippen LogP contribution in [0.5, 0.6) is 11.5 Å². The first-order chi connectivity index (χ1) is 14.7. The lowest BCUT2D eigenvalue weighted by Crippen LogP contribution is -2.59. The quantitative estimate of drug-likeness (QED) is 0.763. The molecule has 2 aliphatic heterocycles. The molecule has 31 heavy (non-hydrogen) atoms. The van der Waals surface area contributed by atoms with Crippen molar-refractivity contribution in [3.05, 3.63) is 42.0 Å². The summed E-state index contributed by atoms with van der Waals surface area (Å²) >= 11 is 0. The second kappa shape index (κ2) is 7.86. The van der Waals surface area contributed by atoms with Gasteiger partial charge in [0.05, 0.1) is 31.7 Å². The van der Waals surface area contributed by atoms with Crippen molar-refractivity contribution in [1.82, 2.24) is 9.21 Å². The minimum Gasteiger partial charge on any atom is -0.497 e. The predicted octanol–water partition coefficient (Wildman–Crippen LogP) is 1.41. The smallest absolute Gasteiger partial charge is 0.256 e. The summed E-state index contributed by atoms with van der Waals surface area (Å²) in [5.41, 5.74) is 2.26. The number of fused-ring (bicyclic) bond motifs is 2. The molecule has 1 atom stereocenters. The molecule has 0 radical (unpaired) electrons. The van der Waals surface area contributed by atoms with Crippen molar-refractivity contribution in [2.75, 3.05) is 45.4 Å². The number of nitrogens with one attached hydrogen (secondary N) is 1. The van der Waals surface area contributed by atoms with E-state index < -0.39 is 22.0 Å². The van der Waals surface area contributed by atoms with Gasteiger partial charge in [0.1, 0.15) is 17.5 Å². The van der Waals surface area contributed by atoms with Gasteiger partial charge in [0.2, 0.25) is 15.9 Å². The first-order valence-corrected chi connectivity index (χ1v) is 11.5. The number of carbonyl (C=O) groups excluding carboxylic acids is 2. The standard InChI is InChI=1S/C21H23N3O6S/c1-29-14-5-6-15(19(11-14)30-2)13-4-7-17-16(10-13)21(26)24-9-8-23(31(3,27)28)12-18(24)20(25)22-17/h4-7,10-11,18H,8-9,12H2,1-3H3,(H,22,25). The van der Waals surface area contributed by atoms with Gasteiger partial charge in [0.15, 0.2) is 0 Å². The summed E-state index contributed by atoms with van der Waals surface area (Å²) in [6.07, 6.45) is 1.10. The maximum absolute atomic E-state index is 13.3. The van der Waals surface area contributed by atoms with Gasteiger partial charge in [-0.05, 0) is 29.8 Å². The lowest BCUT2D eigenvalue weighted by Gasteiger charge is -2.38. The molecule has 2 aromatic carbocycles. The SMILES string of the molecule is COc1ccc(-c2ccc3c(c2)C(=O)N2CCN(S(C)(=O)=O)CC2C(=O)N3)c(OC)c1. The maximum Gasteiger partial charge on any atom is 0.256 e. The van der Waals surface area contributed by atoms with Gasteiger partial charge in [0, 0.05) is 31.3 Å². The molecule has 1 unspecified atom stereocenters. The summed E-state index contributed by atoms with van der Waals surface area (Å²) in [7, 11) is -0.340. The predicted molar refractivity (Wildman–Crippen MR) is 115 cm³/mol. The van der Waals surface area contributed by atoms with Crippen LogP contribution >= 0.6 is 0 Å². The number of rotatable bonds is 4. The molecule has 0 aromatic heterocycles. The van der Waals surface area contributed by atoms with Crippen LogP contribution in [-0.2, 0) is 14.8 Å². The molecule has 0 aliphatic carbocycles. The minimum absolute atomic E-state index is 0.0659. The van der Waals surface area contributed by atoms with Crippen LogP contribution in [-0.4, -0.2) is 75.6 Å². The Hall–Kier alpha value is -3.11. The fourth-order valence-corrected chi connectivity index (χ4v) is 4.76. The Balaban J connectivity index is 1.73. The molecule has 2 heterocycles. The van der Waals surface area contributed by atoms with Gasteiger partial charge in [-0.2, -0.15) is 4.31 Å². The minimum atomic E-state index is -3.46. The fraction of sp³-hybridized carbons (Fsp3) is 0.333. The largest absolute Gasteiger partial charge is 0.497 e. The number of methoxy groups -OCH3 is 2. The van der Waals surface area contributed by atoms with Gasteiger partial charge in [0.25, 0.3) is 5.91 Å². The van der Waals surface area contributed by atoms with Crippen LogP contribution in [0, 0.1) is 0 Å². The number of carbonyl (C=O) groups is 2. The van der Waals surface area contributed by atoms with Crippen LogP contribution in [0.1, 0.15) is 10.4 Å². The Morgan fingerprint density at radius 2 is 1.77 bits per heavy atom. The number of piperazine rings is 1. The molecule has 1 saturated heterocycles. The number of ether oxygens (including phenoxy) is 2. The van der Waals surface area contributed by atoms with Crippen molar-refractivity contribution in [3.63, 3.8) is 0 Å². The highest BCUT2D eigenvalue weighted by atomic mass is 32.2. The van der Waals surface area contributed by atoms with E-state index in [4.69, 9.17) is 9.47 Å². The molecule has 164 valence electrons.